The number of nitrogens with zero attached hydrogens (tertiary/aromatic N) is 1. The molecule has 2 saturated heterocycles. The number of carbonyl (C=O) groups excluding carboxylic acids is 2. The molecule has 0 N–H and O–H groups in total. The SMILES string of the molecule is CC1CCC(=O)N(CC(=O)C2CCOC2)CC1. The molecule has 2 heterocycles. The minimum absolute atomic E-state index is 0.0171. The number of ether oxygens (including phenoxy) is 1. The van der Waals surface area contributed by atoms with E-state index in [0.29, 0.717) is 32.1 Å². The molecule has 0 aromatic carbocycles. The molecular formula is C13H21NO3. The maximum absolute atomic E-state index is 12.0. The Morgan fingerprint density at radius 1 is 1.41 bits per heavy atom. The molecule has 0 aromatic rings. The first-order valence-corrected chi connectivity index (χ1v) is 6.55. The molecule has 4 nitrogen and oxygen atoms in total. The van der Waals surface area contributed by atoms with E-state index < -0.39 is 0 Å². The third-order valence-electron chi connectivity index (χ3n) is 3.83. The summed E-state index contributed by atoms with van der Waals surface area (Å²) in [6.07, 6.45) is 3.38. The number of carbonyl (C=O) groups is 2. The zero-order valence-electron chi connectivity index (χ0n) is 10.5. The molecule has 2 atom stereocenters. The van der Waals surface area contributed by atoms with Crippen molar-refractivity contribution in [3.05, 3.63) is 0 Å². The van der Waals surface area contributed by atoms with Crippen LogP contribution in [0.5, 0.6) is 0 Å². The molecular weight excluding hydrogens is 218 g/mol. The molecule has 1 amide bonds. The second-order valence-electron chi connectivity index (χ2n) is 5.27. The van der Waals surface area contributed by atoms with Crippen molar-refractivity contribution in [3.8, 4) is 0 Å². The summed E-state index contributed by atoms with van der Waals surface area (Å²) >= 11 is 0. The van der Waals surface area contributed by atoms with Gasteiger partial charge in [-0.2, -0.15) is 0 Å². The van der Waals surface area contributed by atoms with Gasteiger partial charge >= 0.3 is 0 Å². The first-order chi connectivity index (χ1) is 8.16. The molecule has 2 aliphatic rings. The topological polar surface area (TPSA) is 46.6 Å². The predicted octanol–water partition coefficient (Wildman–Crippen LogP) is 1.24. The van der Waals surface area contributed by atoms with Crippen LogP contribution in [-0.2, 0) is 14.3 Å². The van der Waals surface area contributed by atoms with Crippen LogP contribution < -0.4 is 0 Å². The molecule has 0 saturated carbocycles. The lowest BCUT2D eigenvalue weighted by Crippen LogP contribution is -2.37. The van der Waals surface area contributed by atoms with E-state index in [4.69, 9.17) is 4.74 Å². The molecule has 0 aliphatic carbocycles. The van der Waals surface area contributed by atoms with Crippen molar-refractivity contribution in [2.24, 2.45) is 11.8 Å². The molecule has 17 heavy (non-hydrogen) atoms. The van der Waals surface area contributed by atoms with E-state index in [0.717, 1.165) is 25.8 Å². The summed E-state index contributed by atoms with van der Waals surface area (Å²) in [5.74, 6) is 0.921. The highest BCUT2D eigenvalue weighted by atomic mass is 16.5. The molecule has 2 fully saturated rings. The van der Waals surface area contributed by atoms with Gasteiger partial charge in [0.2, 0.25) is 5.91 Å². The summed E-state index contributed by atoms with van der Waals surface area (Å²) in [5.41, 5.74) is 0. The number of rotatable bonds is 3. The third-order valence-corrected chi connectivity index (χ3v) is 3.83. The molecule has 2 aliphatic heterocycles. The van der Waals surface area contributed by atoms with Crippen LogP contribution in [0.3, 0.4) is 0 Å². The second kappa shape index (κ2) is 5.63. The highest BCUT2D eigenvalue weighted by Crippen LogP contribution is 2.19. The van der Waals surface area contributed by atoms with Gasteiger partial charge in [0.15, 0.2) is 5.78 Å². The van der Waals surface area contributed by atoms with E-state index in [2.05, 4.69) is 6.92 Å². The van der Waals surface area contributed by atoms with Gasteiger partial charge in [-0.25, -0.2) is 0 Å². The Labute approximate surface area is 102 Å². The van der Waals surface area contributed by atoms with Gasteiger partial charge in [-0.1, -0.05) is 6.92 Å². The lowest BCUT2D eigenvalue weighted by Gasteiger charge is -2.21. The average Bonchev–Trinajstić information content (AvgIpc) is 2.80. The summed E-state index contributed by atoms with van der Waals surface area (Å²) in [6.45, 7) is 4.42. The number of amides is 1. The van der Waals surface area contributed by atoms with E-state index in [-0.39, 0.29) is 17.6 Å². The zero-order chi connectivity index (χ0) is 12.3. The zero-order valence-corrected chi connectivity index (χ0v) is 10.5. The fourth-order valence-corrected chi connectivity index (χ4v) is 2.45. The monoisotopic (exact) mass is 239 g/mol. The summed E-state index contributed by atoms with van der Waals surface area (Å²) in [6, 6.07) is 0. The van der Waals surface area contributed by atoms with Gasteiger partial charge in [0.1, 0.15) is 0 Å². The Hall–Kier alpha value is -0.900. The minimum atomic E-state index is 0.0171. The van der Waals surface area contributed by atoms with Crippen LogP contribution in [0, 0.1) is 11.8 Å². The Morgan fingerprint density at radius 2 is 2.24 bits per heavy atom. The summed E-state index contributed by atoms with van der Waals surface area (Å²) in [4.78, 5) is 25.6. The Kier molecular flexibility index (Phi) is 4.15. The highest BCUT2D eigenvalue weighted by Gasteiger charge is 2.28. The molecule has 0 aromatic heterocycles. The van der Waals surface area contributed by atoms with E-state index >= 15 is 0 Å². The first-order valence-electron chi connectivity index (χ1n) is 6.55. The quantitative estimate of drug-likeness (QED) is 0.744. The molecule has 0 spiro atoms. The lowest BCUT2D eigenvalue weighted by atomic mass is 10.0. The van der Waals surface area contributed by atoms with Gasteiger partial charge in [-0.15, -0.1) is 0 Å². The van der Waals surface area contributed by atoms with Crippen molar-refractivity contribution in [2.45, 2.75) is 32.6 Å². The summed E-state index contributed by atoms with van der Waals surface area (Å²) < 4.78 is 5.21. The summed E-state index contributed by atoms with van der Waals surface area (Å²) in [7, 11) is 0. The lowest BCUT2D eigenvalue weighted by molar-refractivity contribution is -0.136. The Morgan fingerprint density at radius 3 is 2.94 bits per heavy atom. The Bertz CT molecular complexity index is 297. The van der Waals surface area contributed by atoms with Gasteiger partial charge in [-0.3, -0.25) is 9.59 Å². The highest BCUT2D eigenvalue weighted by molar-refractivity contribution is 5.88. The molecule has 2 unspecified atom stereocenters. The Balaban J connectivity index is 1.87. The van der Waals surface area contributed by atoms with Gasteiger partial charge in [0.25, 0.3) is 0 Å². The van der Waals surface area contributed by atoms with Crippen LogP contribution in [0.1, 0.15) is 32.6 Å². The van der Waals surface area contributed by atoms with Crippen molar-refractivity contribution >= 4 is 11.7 Å². The van der Waals surface area contributed by atoms with Crippen LogP contribution in [-0.4, -0.2) is 42.9 Å². The second-order valence-corrected chi connectivity index (χ2v) is 5.27. The van der Waals surface area contributed by atoms with Crippen LogP contribution >= 0.6 is 0 Å². The molecule has 4 heteroatoms. The van der Waals surface area contributed by atoms with Crippen molar-refractivity contribution in [3.63, 3.8) is 0 Å². The van der Waals surface area contributed by atoms with E-state index in [1.807, 2.05) is 0 Å². The number of hydrogen-bond acceptors (Lipinski definition) is 3. The fourth-order valence-electron chi connectivity index (χ4n) is 2.45. The van der Waals surface area contributed by atoms with Crippen molar-refractivity contribution in [2.75, 3.05) is 26.3 Å². The van der Waals surface area contributed by atoms with Crippen molar-refractivity contribution in [1.82, 2.24) is 4.90 Å². The first kappa shape index (κ1) is 12.6. The van der Waals surface area contributed by atoms with E-state index in [1.54, 1.807) is 4.90 Å². The predicted molar refractivity (Wildman–Crippen MR) is 63.5 cm³/mol. The smallest absolute Gasteiger partial charge is 0.222 e. The van der Waals surface area contributed by atoms with Gasteiger partial charge < -0.3 is 9.64 Å². The number of ketones is 1. The van der Waals surface area contributed by atoms with Crippen molar-refractivity contribution < 1.29 is 14.3 Å². The van der Waals surface area contributed by atoms with Crippen LogP contribution in [0.2, 0.25) is 0 Å². The van der Waals surface area contributed by atoms with Gasteiger partial charge in [0, 0.05) is 25.5 Å². The summed E-state index contributed by atoms with van der Waals surface area (Å²) in [5, 5.41) is 0. The van der Waals surface area contributed by atoms with Crippen LogP contribution in [0.25, 0.3) is 0 Å². The standard InChI is InChI=1S/C13H21NO3/c1-10-2-3-13(16)14(6-4-10)8-12(15)11-5-7-17-9-11/h10-11H,2-9H2,1H3. The minimum Gasteiger partial charge on any atom is -0.381 e. The van der Waals surface area contributed by atoms with E-state index in [1.165, 1.54) is 0 Å². The number of hydrogen-bond donors (Lipinski definition) is 0. The molecule has 0 bridgehead atoms. The largest absolute Gasteiger partial charge is 0.381 e. The molecule has 0 radical (unpaired) electrons. The number of Topliss-reactive ketones (excluding diaryl/α,β-unsaturated/α-hetero) is 1. The van der Waals surface area contributed by atoms with Gasteiger partial charge in [-0.05, 0) is 25.2 Å². The maximum atomic E-state index is 12.0. The fraction of sp³-hybridized carbons (Fsp3) is 0.846. The van der Waals surface area contributed by atoms with Crippen LogP contribution in [0.15, 0.2) is 0 Å². The average molecular weight is 239 g/mol. The van der Waals surface area contributed by atoms with Gasteiger partial charge in [0.05, 0.1) is 13.2 Å². The number of likely N-dealkylation sites (tertiary alicyclic amines) is 1. The molecule has 96 valence electrons. The third kappa shape index (κ3) is 3.28. The normalized spacial score (nSPS) is 30.4. The maximum Gasteiger partial charge on any atom is 0.222 e. The van der Waals surface area contributed by atoms with Crippen LogP contribution in [0.4, 0.5) is 0 Å². The van der Waals surface area contributed by atoms with E-state index in [9.17, 15) is 9.59 Å². The molecule has 2 rings (SSSR count). The van der Waals surface area contributed by atoms with Crippen molar-refractivity contribution in [1.29, 1.82) is 0 Å².